The van der Waals surface area contributed by atoms with Gasteiger partial charge in [0.15, 0.2) is 0 Å². The molecular weight excluding hydrogens is 298 g/mol. The predicted molar refractivity (Wildman–Crippen MR) is 73.5 cm³/mol. The molecule has 0 unspecified atom stereocenters. The number of hydrogen-bond donors (Lipinski definition) is 1. The number of urea groups is 1. The quantitative estimate of drug-likeness (QED) is 0.591. The topological polar surface area (TPSA) is 56.1 Å². The maximum Gasteiger partial charge on any atom is 0.323 e. The second-order valence-electron chi connectivity index (χ2n) is 4.29. The second-order valence-corrected chi connectivity index (χ2v) is 5.20. The molecule has 0 bridgehead atoms. The van der Waals surface area contributed by atoms with Gasteiger partial charge in [-0.15, -0.1) is 0 Å². The van der Waals surface area contributed by atoms with Crippen molar-refractivity contribution >= 4 is 33.4 Å². The molecule has 96 valence electrons. The van der Waals surface area contributed by atoms with Crippen molar-refractivity contribution in [2.75, 3.05) is 25.5 Å². The minimum atomic E-state index is -0.0736. The highest BCUT2D eigenvalue weighted by molar-refractivity contribution is 9.10. The van der Waals surface area contributed by atoms with Crippen LogP contribution in [0.3, 0.4) is 0 Å². The van der Waals surface area contributed by atoms with Gasteiger partial charge >= 0.3 is 6.03 Å². The lowest BCUT2D eigenvalue weighted by Crippen LogP contribution is -2.43. The summed E-state index contributed by atoms with van der Waals surface area (Å²) < 4.78 is 0.890. The molecule has 6 heteroatoms. The van der Waals surface area contributed by atoms with E-state index >= 15 is 0 Å². The van der Waals surface area contributed by atoms with E-state index in [-0.39, 0.29) is 6.03 Å². The van der Waals surface area contributed by atoms with Crippen LogP contribution in [0.4, 0.5) is 10.5 Å². The first-order valence-corrected chi connectivity index (χ1v) is 6.33. The molecule has 0 saturated heterocycles. The van der Waals surface area contributed by atoms with Crippen LogP contribution in [-0.4, -0.2) is 42.5 Å². The molecule has 1 N–H and O–H groups in total. The van der Waals surface area contributed by atoms with Gasteiger partial charge in [-0.1, -0.05) is 21.1 Å². The van der Waals surface area contributed by atoms with Crippen LogP contribution < -0.4 is 4.90 Å². The van der Waals surface area contributed by atoms with Crippen molar-refractivity contribution in [3.63, 3.8) is 0 Å². The van der Waals surface area contributed by atoms with Crippen LogP contribution in [0.2, 0.25) is 0 Å². The standard InChI is InChI=1S/C12H14BrN3O2/c1-15(2)12(17)16-6-5-10(14-18)9-7-8(13)3-4-11(9)16/h3-4,7,18H,5-6H2,1-2H3/b14-10-. The lowest BCUT2D eigenvalue weighted by molar-refractivity contribution is 0.224. The van der Waals surface area contributed by atoms with Crippen molar-refractivity contribution in [3.05, 3.63) is 28.2 Å². The highest BCUT2D eigenvalue weighted by Gasteiger charge is 2.27. The normalized spacial score (nSPS) is 16.6. The minimum Gasteiger partial charge on any atom is -0.411 e. The summed E-state index contributed by atoms with van der Waals surface area (Å²) in [5.74, 6) is 0. The Balaban J connectivity index is 2.50. The smallest absolute Gasteiger partial charge is 0.323 e. The summed E-state index contributed by atoms with van der Waals surface area (Å²) in [5.41, 5.74) is 2.17. The van der Waals surface area contributed by atoms with E-state index in [4.69, 9.17) is 5.21 Å². The molecule has 2 amide bonds. The Hall–Kier alpha value is -1.56. The van der Waals surface area contributed by atoms with Gasteiger partial charge in [-0.05, 0) is 18.2 Å². The molecule has 0 aliphatic carbocycles. The van der Waals surface area contributed by atoms with E-state index in [0.717, 1.165) is 15.7 Å². The summed E-state index contributed by atoms with van der Waals surface area (Å²) in [6.45, 7) is 0.519. The second kappa shape index (κ2) is 4.97. The van der Waals surface area contributed by atoms with Crippen LogP contribution in [0.5, 0.6) is 0 Å². The number of amides is 2. The number of nitrogens with zero attached hydrogens (tertiary/aromatic N) is 3. The molecular formula is C12H14BrN3O2. The first-order chi connectivity index (χ1) is 8.54. The van der Waals surface area contributed by atoms with Crippen LogP contribution in [0.1, 0.15) is 12.0 Å². The molecule has 18 heavy (non-hydrogen) atoms. The van der Waals surface area contributed by atoms with E-state index in [2.05, 4.69) is 21.1 Å². The number of anilines is 1. The number of carbonyl (C=O) groups is 1. The third kappa shape index (κ3) is 2.20. The Morgan fingerprint density at radius 1 is 1.50 bits per heavy atom. The monoisotopic (exact) mass is 311 g/mol. The Labute approximate surface area is 114 Å². The van der Waals surface area contributed by atoms with E-state index < -0.39 is 0 Å². The summed E-state index contributed by atoms with van der Waals surface area (Å²) in [6.07, 6.45) is 0.541. The fraction of sp³-hybridized carbons (Fsp3) is 0.333. The van der Waals surface area contributed by atoms with Crippen LogP contribution in [0.25, 0.3) is 0 Å². The van der Waals surface area contributed by atoms with Crippen molar-refractivity contribution in [1.82, 2.24) is 4.90 Å². The van der Waals surface area contributed by atoms with Crippen LogP contribution in [-0.2, 0) is 0 Å². The summed E-state index contributed by atoms with van der Waals surface area (Å²) >= 11 is 3.38. The van der Waals surface area contributed by atoms with E-state index in [1.807, 2.05) is 18.2 Å². The van der Waals surface area contributed by atoms with Crippen molar-refractivity contribution in [2.24, 2.45) is 5.16 Å². The van der Waals surface area contributed by atoms with E-state index in [1.54, 1.807) is 19.0 Å². The van der Waals surface area contributed by atoms with E-state index in [1.165, 1.54) is 4.90 Å². The van der Waals surface area contributed by atoms with Gasteiger partial charge in [-0.3, -0.25) is 4.90 Å². The summed E-state index contributed by atoms with van der Waals surface area (Å²) in [6, 6.07) is 5.51. The SMILES string of the molecule is CN(C)C(=O)N1CC/C(=N/O)c2cc(Br)ccc21. The van der Waals surface area contributed by atoms with E-state index in [0.29, 0.717) is 18.7 Å². The maximum absolute atomic E-state index is 12.1. The van der Waals surface area contributed by atoms with Gasteiger partial charge in [0.1, 0.15) is 0 Å². The molecule has 0 radical (unpaired) electrons. The zero-order valence-corrected chi connectivity index (χ0v) is 11.8. The van der Waals surface area contributed by atoms with E-state index in [9.17, 15) is 4.79 Å². The fourth-order valence-electron chi connectivity index (χ4n) is 1.99. The number of hydrogen-bond acceptors (Lipinski definition) is 3. The summed E-state index contributed by atoms with van der Waals surface area (Å²) in [5, 5.41) is 12.3. The van der Waals surface area contributed by atoms with Crippen LogP contribution >= 0.6 is 15.9 Å². The molecule has 1 aliphatic heterocycles. The van der Waals surface area contributed by atoms with Gasteiger partial charge < -0.3 is 10.1 Å². The number of benzene rings is 1. The third-order valence-electron chi connectivity index (χ3n) is 2.87. The van der Waals surface area contributed by atoms with Crippen molar-refractivity contribution < 1.29 is 10.0 Å². The van der Waals surface area contributed by atoms with Crippen LogP contribution in [0.15, 0.2) is 27.8 Å². The van der Waals surface area contributed by atoms with Crippen molar-refractivity contribution in [3.8, 4) is 0 Å². The Morgan fingerprint density at radius 2 is 2.22 bits per heavy atom. The molecule has 1 aromatic carbocycles. The number of rotatable bonds is 0. The molecule has 0 saturated carbocycles. The first-order valence-electron chi connectivity index (χ1n) is 5.54. The van der Waals surface area contributed by atoms with Crippen LogP contribution in [0, 0.1) is 0 Å². The lowest BCUT2D eigenvalue weighted by atomic mass is 10.00. The van der Waals surface area contributed by atoms with Gasteiger partial charge in [0.2, 0.25) is 0 Å². The lowest BCUT2D eigenvalue weighted by Gasteiger charge is -2.31. The Morgan fingerprint density at radius 3 is 2.83 bits per heavy atom. The van der Waals surface area contributed by atoms with Crippen molar-refractivity contribution in [2.45, 2.75) is 6.42 Å². The largest absolute Gasteiger partial charge is 0.411 e. The average molecular weight is 312 g/mol. The van der Waals surface area contributed by atoms with Gasteiger partial charge in [0.25, 0.3) is 0 Å². The van der Waals surface area contributed by atoms with Crippen molar-refractivity contribution in [1.29, 1.82) is 0 Å². The molecule has 0 spiro atoms. The third-order valence-corrected chi connectivity index (χ3v) is 3.36. The molecule has 0 aromatic heterocycles. The molecule has 5 nitrogen and oxygen atoms in total. The Kier molecular flexibility index (Phi) is 3.56. The Bertz CT molecular complexity index is 514. The van der Waals surface area contributed by atoms with Gasteiger partial charge in [-0.2, -0.15) is 0 Å². The molecule has 1 heterocycles. The number of carbonyl (C=O) groups excluding carboxylic acids is 1. The average Bonchev–Trinajstić information content (AvgIpc) is 2.36. The maximum atomic E-state index is 12.1. The van der Waals surface area contributed by atoms with Gasteiger partial charge in [0.05, 0.1) is 11.4 Å². The molecule has 0 atom stereocenters. The minimum absolute atomic E-state index is 0.0736. The van der Waals surface area contributed by atoms with Gasteiger partial charge in [-0.25, -0.2) is 4.79 Å². The predicted octanol–water partition coefficient (Wildman–Crippen LogP) is 2.52. The highest BCUT2D eigenvalue weighted by atomic mass is 79.9. The molecule has 1 aliphatic rings. The zero-order chi connectivity index (χ0) is 13.3. The summed E-state index contributed by atoms with van der Waals surface area (Å²) in [7, 11) is 3.44. The molecule has 1 aromatic rings. The fourth-order valence-corrected chi connectivity index (χ4v) is 2.35. The molecule has 0 fully saturated rings. The first kappa shape index (κ1) is 12.9. The molecule has 2 rings (SSSR count). The number of halogens is 1. The number of oxime groups is 1. The number of fused-ring (bicyclic) bond motifs is 1. The highest BCUT2D eigenvalue weighted by Crippen LogP contribution is 2.30. The zero-order valence-electron chi connectivity index (χ0n) is 10.2. The van der Waals surface area contributed by atoms with Gasteiger partial charge in [0, 0.05) is 37.1 Å². The summed E-state index contributed by atoms with van der Waals surface area (Å²) in [4.78, 5) is 15.3.